The Morgan fingerprint density at radius 2 is 2.33 bits per heavy atom. The van der Waals surface area contributed by atoms with Crippen molar-refractivity contribution in [1.29, 1.82) is 0 Å². The number of nitrogens with one attached hydrogen (secondary N) is 1. The van der Waals surface area contributed by atoms with Gasteiger partial charge in [-0.15, -0.1) is 0 Å². The van der Waals surface area contributed by atoms with Crippen LogP contribution in [-0.4, -0.2) is 28.1 Å². The molecule has 0 radical (unpaired) electrons. The summed E-state index contributed by atoms with van der Waals surface area (Å²) in [4.78, 5) is 8.50. The van der Waals surface area contributed by atoms with Crippen LogP contribution in [0.25, 0.3) is 0 Å². The summed E-state index contributed by atoms with van der Waals surface area (Å²) in [7, 11) is 0. The van der Waals surface area contributed by atoms with E-state index in [2.05, 4.69) is 33.7 Å². The van der Waals surface area contributed by atoms with Crippen LogP contribution in [0.4, 0.5) is 0 Å². The molecule has 1 rings (SSSR count). The topological polar surface area (TPSA) is 68.2 Å². The molecule has 0 spiro atoms. The molecule has 1 aromatic heterocycles. The Hall–Kier alpha value is -1.52. The lowest BCUT2D eigenvalue weighted by Crippen LogP contribution is -2.38. The first kappa shape index (κ1) is 14.5. The zero-order chi connectivity index (χ0) is 13.4. The molecule has 1 atom stereocenters. The zero-order valence-electron chi connectivity index (χ0n) is 11.7. The summed E-state index contributed by atoms with van der Waals surface area (Å²) in [6.07, 6.45) is 7.03. The third-order valence-electron chi connectivity index (χ3n) is 3.02. The Kier molecular flexibility index (Phi) is 6.25. The Morgan fingerprint density at radius 1 is 1.56 bits per heavy atom. The van der Waals surface area contributed by atoms with Crippen LogP contribution in [0, 0.1) is 6.92 Å². The molecule has 0 aromatic carbocycles. The van der Waals surface area contributed by atoms with Crippen LogP contribution in [0.3, 0.4) is 0 Å². The Bertz CT molecular complexity index is 369. The Balaban J connectivity index is 2.15. The average molecular weight is 251 g/mol. The van der Waals surface area contributed by atoms with Crippen molar-refractivity contribution >= 4 is 5.96 Å². The molecule has 0 aliphatic carbocycles. The van der Waals surface area contributed by atoms with Crippen molar-refractivity contribution in [2.75, 3.05) is 6.54 Å². The van der Waals surface area contributed by atoms with Gasteiger partial charge in [0.05, 0.1) is 0 Å². The van der Waals surface area contributed by atoms with E-state index in [9.17, 15) is 0 Å². The summed E-state index contributed by atoms with van der Waals surface area (Å²) in [5.74, 6) is 1.62. The van der Waals surface area contributed by atoms with E-state index in [1.807, 2.05) is 19.3 Å². The molecule has 0 bridgehead atoms. The molecular formula is C13H25N5. The molecule has 0 fully saturated rings. The first-order valence-electron chi connectivity index (χ1n) is 6.67. The lowest BCUT2D eigenvalue weighted by molar-refractivity contribution is 0.598. The van der Waals surface area contributed by atoms with Crippen LogP contribution >= 0.6 is 0 Å². The third kappa shape index (κ3) is 5.21. The first-order valence-corrected chi connectivity index (χ1v) is 6.67. The van der Waals surface area contributed by atoms with E-state index in [0.717, 1.165) is 38.2 Å². The maximum Gasteiger partial charge on any atom is 0.188 e. The van der Waals surface area contributed by atoms with Crippen LogP contribution in [0.15, 0.2) is 17.4 Å². The highest BCUT2D eigenvalue weighted by molar-refractivity contribution is 5.78. The van der Waals surface area contributed by atoms with Gasteiger partial charge < -0.3 is 15.6 Å². The Morgan fingerprint density at radius 3 is 2.94 bits per heavy atom. The van der Waals surface area contributed by atoms with Crippen molar-refractivity contribution in [3.8, 4) is 0 Å². The van der Waals surface area contributed by atoms with Gasteiger partial charge in [-0.3, -0.25) is 4.99 Å². The summed E-state index contributed by atoms with van der Waals surface area (Å²) in [5.41, 5.74) is 5.77. The summed E-state index contributed by atoms with van der Waals surface area (Å²) < 4.78 is 2.16. The van der Waals surface area contributed by atoms with E-state index in [1.54, 1.807) is 0 Å². The fourth-order valence-corrected chi connectivity index (χ4v) is 1.63. The standard InChI is InChI=1S/C13H25N5/c1-4-11(2)17-13(14)16-7-5-6-9-18-10-8-15-12(18)3/h8,10-11H,4-7,9H2,1-3H3,(H3,14,16,17). The highest BCUT2D eigenvalue weighted by Gasteiger charge is 1.99. The SMILES string of the molecule is CCC(C)NC(N)=NCCCCn1ccnc1C. The van der Waals surface area contributed by atoms with E-state index in [0.29, 0.717) is 12.0 Å². The van der Waals surface area contributed by atoms with Crippen molar-refractivity contribution in [1.82, 2.24) is 14.9 Å². The normalized spacial score (nSPS) is 13.6. The number of nitrogens with zero attached hydrogens (tertiary/aromatic N) is 3. The fourth-order valence-electron chi connectivity index (χ4n) is 1.63. The van der Waals surface area contributed by atoms with Crippen LogP contribution in [0.5, 0.6) is 0 Å². The number of imidazole rings is 1. The third-order valence-corrected chi connectivity index (χ3v) is 3.02. The predicted molar refractivity (Wildman–Crippen MR) is 75.6 cm³/mol. The predicted octanol–water partition coefficient (Wildman–Crippen LogP) is 1.67. The smallest absolute Gasteiger partial charge is 0.188 e. The number of nitrogens with two attached hydrogens (primary N) is 1. The van der Waals surface area contributed by atoms with Crippen LogP contribution < -0.4 is 11.1 Å². The average Bonchev–Trinajstić information content (AvgIpc) is 2.74. The first-order chi connectivity index (χ1) is 8.63. The monoisotopic (exact) mass is 251 g/mol. The number of aryl methyl sites for hydroxylation is 2. The highest BCUT2D eigenvalue weighted by atomic mass is 15.1. The molecule has 5 heteroatoms. The minimum atomic E-state index is 0.391. The number of unbranched alkanes of at least 4 members (excludes halogenated alkanes) is 1. The second kappa shape index (κ2) is 7.74. The van der Waals surface area contributed by atoms with E-state index in [-0.39, 0.29) is 0 Å². The number of rotatable bonds is 7. The minimum absolute atomic E-state index is 0.391. The van der Waals surface area contributed by atoms with Gasteiger partial charge in [0.1, 0.15) is 5.82 Å². The van der Waals surface area contributed by atoms with E-state index in [4.69, 9.17) is 5.73 Å². The maximum atomic E-state index is 5.77. The Labute approximate surface area is 110 Å². The van der Waals surface area contributed by atoms with Crippen molar-refractivity contribution in [3.63, 3.8) is 0 Å². The van der Waals surface area contributed by atoms with Crippen LogP contribution in [-0.2, 0) is 6.54 Å². The fraction of sp³-hybridized carbons (Fsp3) is 0.692. The molecule has 0 amide bonds. The van der Waals surface area contributed by atoms with E-state index in [1.165, 1.54) is 0 Å². The quantitative estimate of drug-likeness (QED) is 0.440. The second-order valence-electron chi connectivity index (χ2n) is 4.60. The van der Waals surface area contributed by atoms with Gasteiger partial charge in [0.2, 0.25) is 0 Å². The lowest BCUT2D eigenvalue weighted by atomic mass is 10.3. The summed E-state index contributed by atoms with van der Waals surface area (Å²) >= 11 is 0. The zero-order valence-corrected chi connectivity index (χ0v) is 11.7. The van der Waals surface area contributed by atoms with Crippen molar-refractivity contribution in [2.45, 2.75) is 52.6 Å². The number of hydrogen-bond acceptors (Lipinski definition) is 2. The maximum absolute atomic E-state index is 5.77. The number of hydrogen-bond donors (Lipinski definition) is 2. The van der Waals surface area contributed by atoms with Gasteiger partial charge in [-0.25, -0.2) is 4.98 Å². The molecule has 18 heavy (non-hydrogen) atoms. The molecule has 1 heterocycles. The molecule has 3 N–H and O–H groups in total. The molecule has 1 aromatic rings. The summed E-state index contributed by atoms with van der Waals surface area (Å²) in [6.45, 7) is 8.03. The van der Waals surface area contributed by atoms with Gasteiger partial charge in [-0.05, 0) is 33.1 Å². The van der Waals surface area contributed by atoms with E-state index < -0.39 is 0 Å². The molecular weight excluding hydrogens is 226 g/mol. The number of aliphatic imine (C=N–C) groups is 1. The van der Waals surface area contributed by atoms with Gasteiger partial charge in [0.25, 0.3) is 0 Å². The minimum Gasteiger partial charge on any atom is -0.370 e. The van der Waals surface area contributed by atoms with Gasteiger partial charge in [0.15, 0.2) is 5.96 Å². The molecule has 0 saturated heterocycles. The van der Waals surface area contributed by atoms with Gasteiger partial charge in [-0.1, -0.05) is 6.92 Å². The molecule has 102 valence electrons. The molecule has 0 saturated carbocycles. The van der Waals surface area contributed by atoms with E-state index >= 15 is 0 Å². The molecule has 1 unspecified atom stereocenters. The lowest BCUT2D eigenvalue weighted by Gasteiger charge is -2.11. The summed E-state index contributed by atoms with van der Waals surface area (Å²) in [5, 5.41) is 3.16. The second-order valence-corrected chi connectivity index (χ2v) is 4.60. The number of aromatic nitrogens is 2. The van der Waals surface area contributed by atoms with Crippen molar-refractivity contribution in [3.05, 3.63) is 18.2 Å². The van der Waals surface area contributed by atoms with Crippen LogP contribution in [0.2, 0.25) is 0 Å². The van der Waals surface area contributed by atoms with Crippen molar-refractivity contribution in [2.24, 2.45) is 10.7 Å². The highest BCUT2D eigenvalue weighted by Crippen LogP contribution is 1.99. The van der Waals surface area contributed by atoms with Gasteiger partial charge >= 0.3 is 0 Å². The molecule has 0 aliphatic heterocycles. The molecule has 0 aliphatic rings. The van der Waals surface area contributed by atoms with Crippen molar-refractivity contribution < 1.29 is 0 Å². The van der Waals surface area contributed by atoms with Gasteiger partial charge in [0, 0.05) is 31.5 Å². The number of guanidine groups is 1. The van der Waals surface area contributed by atoms with Gasteiger partial charge in [-0.2, -0.15) is 0 Å². The molecule has 5 nitrogen and oxygen atoms in total. The summed E-state index contributed by atoms with van der Waals surface area (Å²) in [6, 6.07) is 0.391. The van der Waals surface area contributed by atoms with Crippen LogP contribution in [0.1, 0.15) is 38.9 Å². The largest absolute Gasteiger partial charge is 0.370 e.